The number of nitrogens with zero attached hydrogens (tertiary/aromatic N) is 2. The van der Waals surface area contributed by atoms with Crippen molar-refractivity contribution in [1.82, 2.24) is 4.90 Å². The predicted octanol–water partition coefficient (Wildman–Crippen LogP) is 3.67. The summed E-state index contributed by atoms with van der Waals surface area (Å²) in [6.45, 7) is 0.160. The number of carbonyl (C=O) groups is 2. The maximum atomic E-state index is 13.9. The van der Waals surface area contributed by atoms with Gasteiger partial charge in [-0.3, -0.25) is 14.4 Å². The van der Waals surface area contributed by atoms with Gasteiger partial charge in [0.15, 0.2) is 11.0 Å². The molecule has 4 aromatic rings. The highest BCUT2D eigenvalue weighted by Gasteiger charge is 2.64. The number of hydrogen-bond acceptors (Lipinski definition) is 4. The van der Waals surface area contributed by atoms with Crippen molar-refractivity contribution >= 4 is 28.5 Å². The fourth-order valence-electron chi connectivity index (χ4n) is 5.03. The Kier molecular flexibility index (Phi) is 3.72. The van der Waals surface area contributed by atoms with Crippen molar-refractivity contribution in [2.45, 2.75) is 12.1 Å². The van der Waals surface area contributed by atoms with E-state index in [1.165, 1.54) is 9.80 Å². The van der Waals surface area contributed by atoms with Gasteiger partial charge in [-0.2, -0.15) is 0 Å². The molecule has 32 heavy (non-hydrogen) atoms. The lowest BCUT2D eigenvalue weighted by atomic mass is 9.83. The zero-order chi connectivity index (χ0) is 22.0. The van der Waals surface area contributed by atoms with Crippen LogP contribution in [0.2, 0.25) is 0 Å². The molecule has 1 aromatic heterocycles. The summed E-state index contributed by atoms with van der Waals surface area (Å²) in [4.78, 5) is 44.5. The van der Waals surface area contributed by atoms with E-state index >= 15 is 0 Å². The average Bonchev–Trinajstić information content (AvgIpc) is 3.20. The Morgan fingerprint density at radius 3 is 2.34 bits per heavy atom. The molecule has 6 nitrogen and oxygen atoms in total. The summed E-state index contributed by atoms with van der Waals surface area (Å²) in [5.41, 5.74) is 0.626. The number of carbonyl (C=O) groups excluding carboxylic acids is 2. The van der Waals surface area contributed by atoms with Gasteiger partial charge in [0.25, 0.3) is 11.8 Å². The molecule has 3 heterocycles. The Bertz CT molecular complexity index is 1490. The van der Waals surface area contributed by atoms with Crippen LogP contribution < -0.4 is 10.3 Å². The van der Waals surface area contributed by atoms with Gasteiger partial charge in [0, 0.05) is 24.8 Å². The fraction of sp³-hybridized carbons (Fsp3) is 0.115. The van der Waals surface area contributed by atoms with Crippen LogP contribution in [0.3, 0.4) is 0 Å². The highest BCUT2D eigenvalue weighted by atomic mass is 16.3. The van der Waals surface area contributed by atoms with Crippen LogP contribution in [0.1, 0.15) is 27.2 Å². The van der Waals surface area contributed by atoms with Gasteiger partial charge in [0.05, 0.1) is 10.9 Å². The van der Waals surface area contributed by atoms with Gasteiger partial charge in [-0.15, -0.1) is 0 Å². The lowest BCUT2D eigenvalue weighted by Crippen LogP contribution is -2.52. The normalized spacial score (nSPS) is 19.2. The minimum absolute atomic E-state index is 0.0666. The van der Waals surface area contributed by atoms with Crippen LogP contribution in [0.5, 0.6) is 0 Å². The zero-order valence-electron chi connectivity index (χ0n) is 17.2. The summed E-state index contributed by atoms with van der Waals surface area (Å²) in [5, 5.41) is 0.347. The largest absolute Gasteiger partial charge is 0.450 e. The second-order valence-corrected chi connectivity index (χ2v) is 8.10. The third-order valence-corrected chi connectivity index (χ3v) is 6.46. The molecule has 6 rings (SSSR count). The van der Waals surface area contributed by atoms with Gasteiger partial charge in [-0.05, 0) is 23.8 Å². The molecule has 0 aliphatic carbocycles. The standard InChI is InChI=1S/C26H18N2O4/c1-27-19-13-7-6-12-18(19)26(25(27)31)21-22(29)17-11-5-8-14-20(17)32-23(21)24(30)28(26)15-16-9-3-2-4-10-16/h2-14H,15H2,1H3. The number of para-hydroxylation sites is 2. The molecule has 1 atom stereocenters. The number of likely N-dealkylation sites (N-methyl/N-ethyl adjacent to an activating group) is 1. The molecule has 1 spiro atoms. The number of rotatable bonds is 2. The van der Waals surface area contributed by atoms with Crippen LogP contribution in [0.15, 0.2) is 88.1 Å². The van der Waals surface area contributed by atoms with Crippen LogP contribution in [0.4, 0.5) is 5.69 Å². The van der Waals surface area contributed by atoms with Gasteiger partial charge >= 0.3 is 0 Å². The minimum Gasteiger partial charge on any atom is -0.450 e. The Balaban J connectivity index is 1.73. The molecule has 0 bridgehead atoms. The molecule has 156 valence electrons. The van der Waals surface area contributed by atoms with Crippen LogP contribution in [-0.4, -0.2) is 23.8 Å². The van der Waals surface area contributed by atoms with E-state index in [9.17, 15) is 14.4 Å². The van der Waals surface area contributed by atoms with Crippen molar-refractivity contribution in [3.63, 3.8) is 0 Å². The first-order valence-corrected chi connectivity index (χ1v) is 10.3. The molecule has 0 saturated carbocycles. The zero-order valence-corrected chi connectivity index (χ0v) is 17.2. The number of benzene rings is 3. The number of anilines is 1. The Morgan fingerprint density at radius 1 is 0.844 bits per heavy atom. The van der Waals surface area contributed by atoms with Crippen LogP contribution in [0.25, 0.3) is 11.0 Å². The topological polar surface area (TPSA) is 70.8 Å². The van der Waals surface area contributed by atoms with E-state index in [0.29, 0.717) is 22.2 Å². The van der Waals surface area contributed by atoms with Crippen LogP contribution >= 0.6 is 0 Å². The third-order valence-electron chi connectivity index (χ3n) is 6.46. The van der Waals surface area contributed by atoms with Crippen LogP contribution in [-0.2, 0) is 16.9 Å². The maximum absolute atomic E-state index is 13.9. The van der Waals surface area contributed by atoms with Crippen molar-refractivity contribution in [2.75, 3.05) is 11.9 Å². The molecule has 1 unspecified atom stereocenters. The molecule has 6 heteroatoms. The summed E-state index contributed by atoms with van der Waals surface area (Å²) in [5.74, 6) is -0.877. The molecule has 3 aromatic carbocycles. The summed E-state index contributed by atoms with van der Waals surface area (Å²) >= 11 is 0. The predicted molar refractivity (Wildman–Crippen MR) is 119 cm³/mol. The monoisotopic (exact) mass is 422 g/mol. The quantitative estimate of drug-likeness (QED) is 0.494. The number of amides is 2. The lowest BCUT2D eigenvalue weighted by molar-refractivity contribution is -0.126. The minimum atomic E-state index is -1.57. The molecule has 0 saturated heterocycles. The summed E-state index contributed by atoms with van der Waals surface area (Å²) in [6, 6.07) is 23.5. The van der Waals surface area contributed by atoms with Gasteiger partial charge in [0.2, 0.25) is 5.76 Å². The molecule has 0 radical (unpaired) electrons. The molecule has 2 aliphatic heterocycles. The van der Waals surface area contributed by atoms with E-state index in [1.807, 2.05) is 54.6 Å². The molecule has 0 fully saturated rings. The van der Waals surface area contributed by atoms with Gasteiger partial charge in [0.1, 0.15) is 5.58 Å². The van der Waals surface area contributed by atoms with E-state index in [-0.39, 0.29) is 29.2 Å². The first-order chi connectivity index (χ1) is 15.5. The van der Waals surface area contributed by atoms with E-state index < -0.39 is 11.4 Å². The fourth-order valence-corrected chi connectivity index (χ4v) is 5.03. The third kappa shape index (κ3) is 2.16. The SMILES string of the molecule is CN1C(=O)C2(c3ccccc31)c1c(oc3ccccc3c1=O)C(=O)N2Cc1ccccc1. The van der Waals surface area contributed by atoms with Gasteiger partial charge in [-0.25, -0.2) is 0 Å². The van der Waals surface area contributed by atoms with Crippen molar-refractivity contribution in [3.8, 4) is 0 Å². The first kappa shape index (κ1) is 18.6. The molecular formula is C26H18N2O4. The maximum Gasteiger partial charge on any atom is 0.291 e. The average molecular weight is 422 g/mol. The van der Waals surface area contributed by atoms with E-state index in [0.717, 1.165) is 5.56 Å². The Labute approximate surface area is 183 Å². The van der Waals surface area contributed by atoms with Crippen LogP contribution in [0, 0.1) is 0 Å². The highest BCUT2D eigenvalue weighted by molar-refractivity contribution is 6.16. The van der Waals surface area contributed by atoms with Crippen molar-refractivity contribution in [2.24, 2.45) is 0 Å². The molecule has 0 N–H and O–H groups in total. The summed E-state index contributed by atoms with van der Waals surface area (Å²) < 4.78 is 5.99. The van der Waals surface area contributed by atoms with Gasteiger partial charge in [-0.1, -0.05) is 60.7 Å². The molecule has 2 aliphatic rings. The van der Waals surface area contributed by atoms with E-state index in [2.05, 4.69) is 0 Å². The smallest absolute Gasteiger partial charge is 0.291 e. The lowest BCUT2D eigenvalue weighted by Gasteiger charge is -2.34. The summed E-state index contributed by atoms with van der Waals surface area (Å²) in [6.07, 6.45) is 0. The molecule has 2 amide bonds. The Morgan fingerprint density at radius 2 is 1.53 bits per heavy atom. The van der Waals surface area contributed by atoms with Gasteiger partial charge < -0.3 is 14.2 Å². The van der Waals surface area contributed by atoms with Crippen molar-refractivity contribution in [3.05, 3.63) is 112 Å². The van der Waals surface area contributed by atoms with Crippen molar-refractivity contribution < 1.29 is 14.0 Å². The Hall–Kier alpha value is -4.19. The highest BCUT2D eigenvalue weighted by Crippen LogP contribution is 2.52. The number of fused-ring (bicyclic) bond motifs is 5. The number of hydrogen-bond donors (Lipinski definition) is 0. The second-order valence-electron chi connectivity index (χ2n) is 8.10. The summed E-state index contributed by atoms with van der Waals surface area (Å²) in [7, 11) is 1.67. The van der Waals surface area contributed by atoms with E-state index in [1.54, 1.807) is 31.3 Å². The first-order valence-electron chi connectivity index (χ1n) is 10.3. The van der Waals surface area contributed by atoms with Crippen molar-refractivity contribution in [1.29, 1.82) is 0 Å². The second kappa shape index (κ2) is 6.40. The molecular weight excluding hydrogens is 404 g/mol. The van der Waals surface area contributed by atoms with E-state index in [4.69, 9.17) is 4.42 Å².